The van der Waals surface area contributed by atoms with Crippen molar-refractivity contribution in [1.82, 2.24) is 8.61 Å². The SMILES string of the molecule is CCOC[C@@H]1CC2(CCN(S(=O)(=O)N(C)C)CC2)CO1. The highest BCUT2D eigenvalue weighted by atomic mass is 32.2. The second-order valence-corrected chi connectivity index (χ2v) is 8.13. The summed E-state index contributed by atoms with van der Waals surface area (Å²) in [5, 5.41) is 0. The molecule has 6 nitrogen and oxygen atoms in total. The van der Waals surface area contributed by atoms with Gasteiger partial charge in [0.15, 0.2) is 0 Å². The first-order valence-electron chi connectivity index (χ1n) is 7.26. The monoisotopic (exact) mass is 306 g/mol. The maximum atomic E-state index is 12.1. The van der Waals surface area contributed by atoms with Crippen LogP contribution in [0.25, 0.3) is 0 Å². The number of hydrogen-bond acceptors (Lipinski definition) is 4. The number of ether oxygens (including phenoxy) is 2. The molecule has 2 heterocycles. The van der Waals surface area contributed by atoms with Gasteiger partial charge in [-0.25, -0.2) is 0 Å². The highest BCUT2D eigenvalue weighted by molar-refractivity contribution is 7.86. The first-order chi connectivity index (χ1) is 9.39. The lowest BCUT2D eigenvalue weighted by Gasteiger charge is -2.38. The highest BCUT2D eigenvalue weighted by Gasteiger charge is 2.44. The van der Waals surface area contributed by atoms with Crippen molar-refractivity contribution in [2.45, 2.75) is 32.3 Å². The van der Waals surface area contributed by atoms with E-state index in [9.17, 15) is 8.42 Å². The summed E-state index contributed by atoms with van der Waals surface area (Å²) >= 11 is 0. The molecule has 0 aromatic carbocycles. The molecule has 118 valence electrons. The van der Waals surface area contributed by atoms with Crippen LogP contribution in [0.4, 0.5) is 0 Å². The fourth-order valence-electron chi connectivity index (χ4n) is 3.02. The summed E-state index contributed by atoms with van der Waals surface area (Å²) in [5.74, 6) is 0. The van der Waals surface area contributed by atoms with E-state index in [-0.39, 0.29) is 11.5 Å². The second-order valence-electron chi connectivity index (χ2n) is 5.99. The van der Waals surface area contributed by atoms with Crippen molar-refractivity contribution in [1.29, 1.82) is 0 Å². The minimum absolute atomic E-state index is 0.153. The molecule has 2 rings (SSSR count). The lowest BCUT2D eigenvalue weighted by molar-refractivity contribution is 0.0172. The van der Waals surface area contributed by atoms with Gasteiger partial charge in [-0.15, -0.1) is 0 Å². The van der Waals surface area contributed by atoms with Gasteiger partial charge in [0, 0.05) is 33.8 Å². The van der Waals surface area contributed by atoms with Crippen LogP contribution >= 0.6 is 0 Å². The zero-order chi connectivity index (χ0) is 14.8. The van der Waals surface area contributed by atoms with Gasteiger partial charge < -0.3 is 9.47 Å². The molecule has 0 amide bonds. The Hall–Kier alpha value is -0.210. The molecule has 0 radical (unpaired) electrons. The fourth-order valence-corrected chi connectivity index (χ4v) is 4.13. The topological polar surface area (TPSA) is 59.1 Å². The van der Waals surface area contributed by atoms with Gasteiger partial charge in [-0.3, -0.25) is 0 Å². The minimum Gasteiger partial charge on any atom is -0.379 e. The van der Waals surface area contributed by atoms with Crippen molar-refractivity contribution in [3.05, 3.63) is 0 Å². The van der Waals surface area contributed by atoms with Crippen LogP contribution in [0.3, 0.4) is 0 Å². The standard InChI is InChI=1S/C13H26N2O4S/c1-4-18-10-12-9-13(11-19-12)5-7-15(8-6-13)20(16,17)14(2)3/h12H,4-11H2,1-3H3/t12-/m0/s1. The van der Waals surface area contributed by atoms with Gasteiger partial charge >= 0.3 is 0 Å². The molecule has 20 heavy (non-hydrogen) atoms. The van der Waals surface area contributed by atoms with E-state index in [0.717, 1.165) is 25.9 Å². The van der Waals surface area contributed by atoms with Gasteiger partial charge in [0.05, 0.1) is 19.3 Å². The zero-order valence-corrected chi connectivity index (χ0v) is 13.5. The average Bonchev–Trinajstić information content (AvgIpc) is 2.80. The molecule has 0 saturated carbocycles. The van der Waals surface area contributed by atoms with Crippen molar-refractivity contribution < 1.29 is 17.9 Å². The average molecular weight is 306 g/mol. The molecule has 1 spiro atoms. The molecule has 7 heteroatoms. The third kappa shape index (κ3) is 3.33. The summed E-state index contributed by atoms with van der Waals surface area (Å²) < 4.78 is 38.3. The summed E-state index contributed by atoms with van der Waals surface area (Å²) in [7, 11) is -0.113. The van der Waals surface area contributed by atoms with Gasteiger partial charge in [-0.1, -0.05) is 0 Å². The highest BCUT2D eigenvalue weighted by Crippen LogP contribution is 2.42. The normalized spacial score (nSPS) is 27.5. The largest absolute Gasteiger partial charge is 0.379 e. The van der Waals surface area contributed by atoms with Crippen LogP contribution in [-0.4, -0.2) is 70.1 Å². The quantitative estimate of drug-likeness (QED) is 0.750. The summed E-state index contributed by atoms with van der Waals surface area (Å²) in [4.78, 5) is 0. The smallest absolute Gasteiger partial charge is 0.281 e. The van der Waals surface area contributed by atoms with Gasteiger partial charge in [0.2, 0.25) is 0 Å². The predicted octanol–water partition coefficient (Wildman–Crippen LogP) is 0.700. The fraction of sp³-hybridized carbons (Fsp3) is 1.00. The Labute approximate surface area is 122 Å². The van der Waals surface area contributed by atoms with Crippen molar-refractivity contribution in [3.8, 4) is 0 Å². The number of piperidine rings is 1. The number of rotatable bonds is 5. The summed E-state index contributed by atoms with van der Waals surface area (Å²) in [6.45, 7) is 5.26. The molecule has 0 aliphatic carbocycles. The maximum absolute atomic E-state index is 12.1. The van der Waals surface area contributed by atoms with Crippen LogP contribution in [-0.2, 0) is 19.7 Å². The first-order valence-corrected chi connectivity index (χ1v) is 8.66. The molecule has 2 saturated heterocycles. The molecule has 0 unspecified atom stereocenters. The third-order valence-corrected chi connectivity index (χ3v) is 6.31. The number of hydrogen-bond donors (Lipinski definition) is 0. The summed E-state index contributed by atoms with van der Waals surface area (Å²) in [6, 6.07) is 0. The van der Waals surface area contributed by atoms with E-state index < -0.39 is 10.2 Å². The molecule has 2 aliphatic heterocycles. The summed E-state index contributed by atoms with van der Waals surface area (Å²) in [6.07, 6.45) is 2.92. The lowest BCUT2D eigenvalue weighted by Crippen LogP contribution is -2.47. The molecule has 0 N–H and O–H groups in total. The Balaban J connectivity index is 1.89. The predicted molar refractivity (Wildman–Crippen MR) is 76.7 cm³/mol. The van der Waals surface area contributed by atoms with Crippen LogP contribution in [0.1, 0.15) is 26.2 Å². The van der Waals surface area contributed by atoms with Gasteiger partial charge in [0.1, 0.15) is 0 Å². The van der Waals surface area contributed by atoms with Gasteiger partial charge in [-0.05, 0) is 31.6 Å². The second kappa shape index (κ2) is 6.27. The zero-order valence-electron chi connectivity index (χ0n) is 12.7. The van der Waals surface area contributed by atoms with E-state index in [1.54, 1.807) is 18.4 Å². The van der Waals surface area contributed by atoms with E-state index in [0.29, 0.717) is 26.3 Å². The Kier molecular flexibility index (Phi) is 5.07. The van der Waals surface area contributed by atoms with Crippen LogP contribution in [0.2, 0.25) is 0 Å². The van der Waals surface area contributed by atoms with Crippen molar-refractivity contribution in [2.75, 3.05) is 47.0 Å². The van der Waals surface area contributed by atoms with Gasteiger partial charge in [0.25, 0.3) is 10.2 Å². The summed E-state index contributed by atoms with van der Waals surface area (Å²) in [5.41, 5.74) is 0.153. The molecule has 0 aromatic rings. The van der Waals surface area contributed by atoms with Crippen LogP contribution in [0, 0.1) is 5.41 Å². The molecule has 2 fully saturated rings. The van der Waals surface area contributed by atoms with E-state index in [4.69, 9.17) is 9.47 Å². The van der Waals surface area contributed by atoms with E-state index >= 15 is 0 Å². The Morgan fingerprint density at radius 1 is 1.35 bits per heavy atom. The molecule has 1 atom stereocenters. The molecule has 2 aliphatic rings. The van der Waals surface area contributed by atoms with E-state index in [1.165, 1.54) is 4.31 Å². The van der Waals surface area contributed by atoms with Crippen LogP contribution < -0.4 is 0 Å². The molecular weight excluding hydrogens is 280 g/mol. The number of nitrogens with zero attached hydrogens (tertiary/aromatic N) is 2. The molecule has 0 bridgehead atoms. The maximum Gasteiger partial charge on any atom is 0.281 e. The van der Waals surface area contributed by atoms with Crippen LogP contribution in [0.15, 0.2) is 0 Å². The minimum atomic E-state index is -3.27. The molecule has 0 aromatic heterocycles. The van der Waals surface area contributed by atoms with Gasteiger partial charge in [-0.2, -0.15) is 17.0 Å². The Morgan fingerprint density at radius 2 is 2.00 bits per heavy atom. The first kappa shape index (κ1) is 16.2. The van der Waals surface area contributed by atoms with E-state index in [1.807, 2.05) is 6.92 Å². The van der Waals surface area contributed by atoms with E-state index in [2.05, 4.69) is 0 Å². The molecular formula is C13H26N2O4S. The Morgan fingerprint density at radius 3 is 2.55 bits per heavy atom. The third-order valence-electron chi connectivity index (χ3n) is 4.36. The lowest BCUT2D eigenvalue weighted by atomic mass is 9.77. The van der Waals surface area contributed by atoms with Crippen molar-refractivity contribution in [2.24, 2.45) is 5.41 Å². The van der Waals surface area contributed by atoms with Crippen LogP contribution in [0.5, 0.6) is 0 Å². The Bertz CT molecular complexity index is 416. The van der Waals surface area contributed by atoms with Crippen molar-refractivity contribution >= 4 is 10.2 Å². The van der Waals surface area contributed by atoms with Crippen molar-refractivity contribution in [3.63, 3.8) is 0 Å².